The highest BCUT2D eigenvalue weighted by Gasteiger charge is 2.65. The largest absolute Gasteiger partial charge is 0.493 e. The Balaban J connectivity index is 0.768. The molecule has 0 aliphatic heterocycles. The van der Waals surface area contributed by atoms with Crippen molar-refractivity contribution >= 4 is 48.9 Å². The summed E-state index contributed by atoms with van der Waals surface area (Å²) in [5.41, 5.74) is 21.5. The first kappa shape index (κ1) is 99.9. The zero-order chi connectivity index (χ0) is 103. The van der Waals surface area contributed by atoms with E-state index in [2.05, 4.69) is 0 Å². The molecule has 760 valence electrons. The van der Waals surface area contributed by atoms with E-state index in [1.165, 1.54) is 20.3 Å². The minimum Gasteiger partial charge on any atom is -0.493 e. The van der Waals surface area contributed by atoms with Gasteiger partial charge in [0.2, 0.25) is 0 Å². The summed E-state index contributed by atoms with van der Waals surface area (Å²) in [6, 6.07) is 110. The molecule has 7 atom stereocenters. The molecule has 1 fully saturated rings. The molecule has 0 radical (unpaired) electrons. The van der Waals surface area contributed by atoms with Crippen LogP contribution in [0, 0.1) is 10.1 Å². The van der Waals surface area contributed by atoms with E-state index in [1.807, 2.05) is 340 Å². The highest BCUT2D eigenvalue weighted by Crippen LogP contribution is 2.67. The van der Waals surface area contributed by atoms with Crippen molar-refractivity contribution in [2.75, 3.05) is 60.5 Å². The van der Waals surface area contributed by atoms with Gasteiger partial charge in [-0.15, -0.1) is 0 Å². The van der Waals surface area contributed by atoms with E-state index in [1.54, 1.807) is 13.8 Å². The highest BCUT2D eigenvalue weighted by atomic mass is 31.2. The number of benzene rings is 15. The SMILES string of the molecule is CCCC(=O)O[C@H]1[C@H](OP(=O)(OCC2c3ccccc3-c3ccccc32)OCC2c3ccccc3-c3ccccc32)[C@H](OC(=O)CCC)[C@H](OP(=O)(OCc2cc(OC)c(OC)cc2[N+](=O)[O-])OCC2c3ccccc3-c3ccccc32)[C@@H](OP(=O)(OCC2c3ccccc3-c3ccccc32)OCC2c3ccccc3-c3ccccc32)[C@@H]1OP(=O)(OCC1c2ccccc2-c2ccccc21)OCC1c2ccccc2-c2ccccc21. The van der Waals surface area contributed by atoms with Crippen molar-refractivity contribution in [1.29, 1.82) is 0 Å². The van der Waals surface area contributed by atoms with E-state index in [-0.39, 0.29) is 29.9 Å². The van der Waals surface area contributed by atoms with Gasteiger partial charge in [0, 0.05) is 54.3 Å². The van der Waals surface area contributed by atoms with Crippen LogP contribution in [0.4, 0.5) is 5.69 Å². The Morgan fingerprint density at radius 3 is 0.600 bits per heavy atom. The molecule has 15 aromatic carbocycles. The minimum absolute atomic E-state index is 0.0251. The molecule has 0 N–H and O–H groups in total. The number of methoxy groups -OCH3 is 2. The lowest BCUT2D eigenvalue weighted by Gasteiger charge is -2.49. The van der Waals surface area contributed by atoms with Gasteiger partial charge in [0.25, 0.3) is 5.69 Å². The second-order valence-corrected chi connectivity index (χ2v) is 45.0. The third-order valence-electron chi connectivity index (χ3n) is 30.1. The van der Waals surface area contributed by atoms with E-state index in [4.69, 9.17) is 73.2 Å². The maximum absolute atomic E-state index is 18.7. The quantitative estimate of drug-likeness (QED) is 0.0149. The summed E-state index contributed by atoms with van der Waals surface area (Å²) in [7, 11) is -20.8. The van der Waals surface area contributed by atoms with Crippen molar-refractivity contribution in [1.82, 2.24) is 0 Å². The number of ether oxygens (including phenoxy) is 4. The summed E-state index contributed by atoms with van der Waals surface area (Å²) in [5, 5.41) is 13.8. The number of fused-ring (bicyclic) bond motifs is 21. The fourth-order valence-electron chi connectivity index (χ4n) is 23.3. The van der Waals surface area contributed by atoms with Crippen molar-refractivity contribution < 1.29 is 106 Å². The Labute approximate surface area is 868 Å². The minimum atomic E-state index is -6.02. The summed E-state index contributed by atoms with van der Waals surface area (Å²) in [6.45, 7) is -1.18. The average molecular weight is 2080 g/mol. The number of phosphoric acid groups is 4. The molecule has 0 amide bonds. The molecule has 150 heavy (non-hydrogen) atoms. The summed E-state index contributed by atoms with van der Waals surface area (Å²) < 4.78 is 188. The lowest BCUT2D eigenvalue weighted by molar-refractivity contribution is -0.385. The molecule has 23 rings (SSSR count). The number of carbonyl (C=O) groups is 2. The van der Waals surface area contributed by atoms with E-state index >= 15 is 27.8 Å². The van der Waals surface area contributed by atoms with Gasteiger partial charge < -0.3 is 18.9 Å². The Morgan fingerprint density at radius 1 is 0.253 bits per heavy atom. The van der Waals surface area contributed by atoms with Crippen LogP contribution in [0.15, 0.2) is 352 Å². The van der Waals surface area contributed by atoms with Crippen molar-refractivity contribution in [3.63, 3.8) is 0 Å². The Bertz CT molecular complexity index is 7300. The molecule has 25 nitrogen and oxygen atoms in total. The fraction of sp³-hybridized carbons (Fsp3) is 0.240. The molecule has 0 spiro atoms. The van der Waals surface area contributed by atoms with Crippen LogP contribution < -0.4 is 9.47 Å². The molecule has 15 aromatic rings. The van der Waals surface area contributed by atoms with Crippen LogP contribution in [0.3, 0.4) is 0 Å². The van der Waals surface area contributed by atoms with Gasteiger partial charge in [-0.05, 0) is 175 Å². The summed E-state index contributed by atoms with van der Waals surface area (Å²) in [5.74, 6) is -7.44. The third kappa shape index (κ3) is 19.1. The van der Waals surface area contributed by atoms with Crippen LogP contribution in [0.5, 0.6) is 11.5 Å². The van der Waals surface area contributed by atoms with E-state index in [0.717, 1.165) is 151 Å². The summed E-state index contributed by atoms with van der Waals surface area (Å²) in [4.78, 5) is 45.5. The first-order valence-electron chi connectivity index (χ1n) is 50.6. The maximum Gasteiger partial charge on any atom is 0.475 e. The zero-order valence-electron chi connectivity index (χ0n) is 82.5. The van der Waals surface area contributed by atoms with Gasteiger partial charge in [-0.25, -0.2) is 18.3 Å². The molecule has 0 bridgehead atoms. The topological polar surface area (TPSA) is 293 Å². The van der Waals surface area contributed by atoms with Gasteiger partial charge in [-0.2, -0.15) is 0 Å². The number of carbonyl (C=O) groups excluding carboxylic acids is 2. The van der Waals surface area contributed by atoms with E-state index < -0.39 is 198 Å². The first-order chi connectivity index (χ1) is 73.3. The molecule has 0 heterocycles. The van der Waals surface area contributed by atoms with Crippen LogP contribution in [0.25, 0.3) is 77.9 Å². The highest BCUT2D eigenvalue weighted by molar-refractivity contribution is 7.49. The Kier molecular flexibility index (Phi) is 28.3. The van der Waals surface area contributed by atoms with Gasteiger partial charge in [0.15, 0.2) is 23.7 Å². The second kappa shape index (κ2) is 42.5. The van der Waals surface area contributed by atoms with Gasteiger partial charge >= 0.3 is 43.2 Å². The monoisotopic (exact) mass is 2080 g/mol. The van der Waals surface area contributed by atoms with Gasteiger partial charge in [-0.3, -0.25) is 74.0 Å². The van der Waals surface area contributed by atoms with Crippen molar-refractivity contribution in [2.24, 2.45) is 0 Å². The molecule has 1 saturated carbocycles. The van der Waals surface area contributed by atoms with Crippen LogP contribution in [-0.2, 0) is 98.2 Å². The van der Waals surface area contributed by atoms with Crippen LogP contribution in [0.2, 0.25) is 0 Å². The van der Waals surface area contributed by atoms with Crippen molar-refractivity contribution in [3.8, 4) is 89.4 Å². The van der Waals surface area contributed by atoms with Crippen molar-refractivity contribution in [3.05, 3.63) is 445 Å². The lowest BCUT2D eigenvalue weighted by Crippen LogP contribution is -2.67. The summed E-state index contributed by atoms with van der Waals surface area (Å²) in [6.07, 6.45) is -16.2. The third-order valence-corrected chi connectivity index (χ3v) is 35.8. The van der Waals surface area contributed by atoms with Crippen LogP contribution in [0.1, 0.15) is 164 Å². The summed E-state index contributed by atoms with van der Waals surface area (Å²) >= 11 is 0. The number of hydrogen-bond acceptors (Lipinski definition) is 24. The van der Waals surface area contributed by atoms with Crippen LogP contribution in [-0.4, -0.2) is 114 Å². The molecule has 1 unspecified atom stereocenters. The van der Waals surface area contributed by atoms with E-state index in [9.17, 15) is 10.1 Å². The standard InChI is InChI=1S/C121H107NO24P4/c1-5-35-114(123)141-116-118(143-148(128,135-69-105-92-53-23-9-39-78(92)79-40-10-24-54-93(79)105)136-70-106-94-55-25-11-41-80(94)81-42-12-26-56-95(81)106)117(142-115(124)36-6-2)120(145-149(129,137-71-107-96-57-27-13-43-82(96)83-44-14-28-58-97(83)107)138-72-108-98-59-29-15-45-84(98)85-46-16-30-60-99(85)108)121(119(116)144-147(127,133-67-75-65-112(131-3)113(132-4)66-111(75)122(125)126)134-68-104-90-51-21-7-37-76(90)77-38-8-22-52-91(77)104)146-150(130,139-73-109-100-61-31-17-47-86(100)87-48-18-32-62-101(87)109)140-74-110-102-63-33-19-49-88(102)89-50-20-34-64-103(89)110/h7-34,37-66,104-110,116-121H,5-6,35-36,67-74H2,1-4H3/t116-,117-,118+,119-,120+,121+,147?/m0/s1. The normalized spacial score (nSPS) is 18.1. The molecular formula is C121H107NO24P4. The molecule has 0 aromatic heterocycles. The van der Waals surface area contributed by atoms with Crippen LogP contribution >= 0.6 is 31.3 Å². The smallest absolute Gasteiger partial charge is 0.475 e. The fourth-order valence-corrected chi connectivity index (χ4v) is 28.8. The number of phosphoric ester groups is 4. The number of nitro benzene ring substituents is 1. The predicted molar refractivity (Wildman–Crippen MR) is 568 cm³/mol. The lowest BCUT2D eigenvalue weighted by atomic mass is 9.84. The molecule has 0 saturated heterocycles. The molecule has 8 aliphatic rings. The Morgan fingerprint density at radius 2 is 0.420 bits per heavy atom. The zero-order valence-corrected chi connectivity index (χ0v) is 86.1. The molecular weight excluding hydrogens is 1980 g/mol. The number of hydrogen-bond donors (Lipinski definition) is 0. The maximum atomic E-state index is 18.7. The number of esters is 2. The number of nitrogens with zero attached hydrogens (tertiary/aromatic N) is 1. The van der Waals surface area contributed by atoms with E-state index in [0.29, 0.717) is 11.1 Å². The number of rotatable bonds is 41. The number of nitro groups is 1. The molecule has 8 aliphatic carbocycles. The average Bonchev–Trinajstić information content (AvgIpc) is 1.18. The molecule has 29 heteroatoms. The van der Waals surface area contributed by atoms with Gasteiger partial charge in [0.1, 0.15) is 24.4 Å². The second-order valence-electron chi connectivity index (χ2n) is 38.5. The Hall–Kier alpha value is -13.3. The van der Waals surface area contributed by atoms with Gasteiger partial charge in [0.05, 0.1) is 83.6 Å². The predicted octanol–water partition coefficient (Wildman–Crippen LogP) is 28.3. The first-order valence-corrected chi connectivity index (χ1v) is 56.5. The van der Waals surface area contributed by atoms with Gasteiger partial charge in [-0.1, -0.05) is 354 Å². The van der Waals surface area contributed by atoms with Crippen molar-refractivity contribution in [2.45, 2.75) is 124 Å².